The zero-order valence-corrected chi connectivity index (χ0v) is 14.1. The van der Waals surface area contributed by atoms with Crippen molar-refractivity contribution in [2.75, 3.05) is 20.8 Å². The summed E-state index contributed by atoms with van der Waals surface area (Å²) in [5.74, 6) is -1.21. The molecular weight excluding hydrogens is 314 g/mol. The Labute approximate surface area is 140 Å². The van der Waals surface area contributed by atoms with Crippen molar-refractivity contribution >= 4 is 11.9 Å². The third kappa shape index (κ3) is 3.55. The molecule has 2 rings (SSSR count). The molecule has 7 heteroatoms. The molecule has 1 aromatic carbocycles. The van der Waals surface area contributed by atoms with Crippen LogP contribution in [0.3, 0.4) is 0 Å². The number of hydrogen-bond acceptors (Lipinski definition) is 5. The van der Waals surface area contributed by atoms with Crippen LogP contribution < -0.4 is 9.47 Å². The Bertz CT molecular complexity index is 605. The molecule has 1 amide bonds. The molecule has 0 bridgehead atoms. The maximum absolute atomic E-state index is 12.6. The molecule has 1 saturated heterocycles. The fraction of sp³-hybridized carbons (Fsp3) is 0.529. The molecule has 132 valence electrons. The Kier molecular flexibility index (Phi) is 5.54. The monoisotopic (exact) mass is 337 g/mol. The number of aliphatic carboxylic acids is 1. The number of likely N-dealkylation sites (tertiary alicyclic amines) is 1. The molecule has 2 atom stereocenters. The van der Waals surface area contributed by atoms with Crippen LogP contribution in [-0.2, 0) is 16.0 Å². The number of nitrogens with zero attached hydrogens (tertiary/aromatic N) is 1. The molecule has 7 nitrogen and oxygen atoms in total. The highest BCUT2D eigenvalue weighted by atomic mass is 16.5. The summed E-state index contributed by atoms with van der Waals surface area (Å²) < 4.78 is 10.2. The zero-order chi connectivity index (χ0) is 17.9. The van der Waals surface area contributed by atoms with Gasteiger partial charge in [-0.25, -0.2) is 0 Å². The van der Waals surface area contributed by atoms with Crippen molar-refractivity contribution in [3.63, 3.8) is 0 Å². The van der Waals surface area contributed by atoms with Crippen LogP contribution in [0.5, 0.6) is 17.2 Å². The molecule has 0 unspecified atom stereocenters. The second kappa shape index (κ2) is 7.42. The first-order chi connectivity index (χ1) is 11.4. The Hall–Kier alpha value is -2.44. The van der Waals surface area contributed by atoms with E-state index in [9.17, 15) is 19.8 Å². The van der Waals surface area contributed by atoms with E-state index >= 15 is 0 Å². The number of methoxy groups -OCH3 is 2. The first-order valence-corrected chi connectivity index (χ1v) is 7.85. The number of carboxylic acids is 1. The summed E-state index contributed by atoms with van der Waals surface area (Å²) in [5, 5.41) is 19.2. The van der Waals surface area contributed by atoms with Crippen molar-refractivity contribution in [3.8, 4) is 17.2 Å². The molecule has 0 aliphatic carbocycles. The highest BCUT2D eigenvalue weighted by molar-refractivity contribution is 5.81. The van der Waals surface area contributed by atoms with E-state index in [2.05, 4.69) is 0 Å². The Morgan fingerprint density at radius 3 is 2.33 bits per heavy atom. The van der Waals surface area contributed by atoms with Crippen molar-refractivity contribution in [3.05, 3.63) is 17.7 Å². The summed E-state index contributed by atoms with van der Waals surface area (Å²) in [6, 6.07) is 2.82. The molecule has 1 heterocycles. The van der Waals surface area contributed by atoms with E-state index in [0.717, 1.165) is 0 Å². The number of benzene rings is 1. The summed E-state index contributed by atoms with van der Waals surface area (Å²) in [4.78, 5) is 25.5. The van der Waals surface area contributed by atoms with Crippen molar-refractivity contribution in [2.45, 2.75) is 32.2 Å². The number of ether oxygens (including phenoxy) is 2. The van der Waals surface area contributed by atoms with E-state index in [4.69, 9.17) is 9.47 Å². The van der Waals surface area contributed by atoms with Gasteiger partial charge in [0, 0.05) is 12.6 Å². The number of carbonyl (C=O) groups is 2. The van der Waals surface area contributed by atoms with E-state index in [1.54, 1.807) is 24.0 Å². The van der Waals surface area contributed by atoms with Crippen LogP contribution in [-0.4, -0.2) is 53.8 Å². The quantitative estimate of drug-likeness (QED) is 0.848. The predicted octanol–water partition coefficient (Wildman–Crippen LogP) is 1.66. The molecule has 0 aromatic heterocycles. The molecule has 0 spiro atoms. The maximum Gasteiger partial charge on any atom is 0.308 e. The number of piperidine rings is 1. The van der Waals surface area contributed by atoms with Gasteiger partial charge >= 0.3 is 5.97 Å². The van der Waals surface area contributed by atoms with E-state index in [0.29, 0.717) is 24.9 Å². The minimum Gasteiger partial charge on any atom is -0.502 e. The van der Waals surface area contributed by atoms with E-state index in [1.165, 1.54) is 14.2 Å². The van der Waals surface area contributed by atoms with Gasteiger partial charge in [-0.2, -0.15) is 0 Å². The average molecular weight is 337 g/mol. The van der Waals surface area contributed by atoms with Crippen LogP contribution in [0.2, 0.25) is 0 Å². The number of aromatic hydroxyl groups is 1. The van der Waals surface area contributed by atoms with Crippen molar-refractivity contribution in [2.24, 2.45) is 5.92 Å². The first-order valence-electron chi connectivity index (χ1n) is 7.85. The van der Waals surface area contributed by atoms with Gasteiger partial charge in [-0.1, -0.05) is 0 Å². The number of phenols is 1. The minimum atomic E-state index is -0.868. The van der Waals surface area contributed by atoms with Gasteiger partial charge in [0.15, 0.2) is 11.5 Å². The Balaban J connectivity index is 2.18. The van der Waals surface area contributed by atoms with Crippen LogP contribution in [0.15, 0.2) is 12.1 Å². The average Bonchev–Trinajstić information content (AvgIpc) is 2.55. The summed E-state index contributed by atoms with van der Waals surface area (Å²) in [6.45, 7) is 2.32. The Morgan fingerprint density at radius 1 is 1.25 bits per heavy atom. The predicted molar refractivity (Wildman–Crippen MR) is 86.4 cm³/mol. The lowest BCUT2D eigenvalue weighted by molar-refractivity contribution is -0.148. The lowest BCUT2D eigenvalue weighted by Gasteiger charge is -2.37. The number of phenolic OH excluding ortho intramolecular Hbond substituents is 1. The SMILES string of the molecule is COc1cc(CC(=O)N2CCC[C@H](C(=O)O)[C@@H]2C)cc(OC)c1O. The maximum atomic E-state index is 12.6. The molecule has 1 fully saturated rings. The summed E-state index contributed by atoms with van der Waals surface area (Å²) >= 11 is 0. The molecule has 0 saturated carbocycles. The van der Waals surface area contributed by atoms with Crippen LogP contribution >= 0.6 is 0 Å². The third-order valence-corrected chi connectivity index (χ3v) is 4.52. The minimum absolute atomic E-state index is 0.0870. The lowest BCUT2D eigenvalue weighted by atomic mass is 9.90. The highest BCUT2D eigenvalue weighted by Crippen LogP contribution is 2.37. The van der Waals surface area contributed by atoms with Gasteiger partial charge in [0.05, 0.1) is 26.6 Å². The van der Waals surface area contributed by atoms with Crippen molar-refractivity contribution < 1.29 is 29.3 Å². The molecule has 1 aliphatic heterocycles. The zero-order valence-electron chi connectivity index (χ0n) is 14.1. The normalized spacial score (nSPS) is 20.5. The second-order valence-electron chi connectivity index (χ2n) is 5.94. The van der Waals surface area contributed by atoms with E-state index in [-0.39, 0.29) is 35.6 Å². The molecule has 0 radical (unpaired) electrons. The topological polar surface area (TPSA) is 96.3 Å². The first kappa shape index (κ1) is 17.9. The standard InChI is InChI=1S/C17H23NO6/c1-10-12(17(21)22)5-4-6-18(10)15(19)9-11-7-13(23-2)16(20)14(8-11)24-3/h7-8,10,12,20H,4-6,9H2,1-3H3,(H,21,22)/t10-,12-/m0/s1. The van der Waals surface area contributed by atoms with Crippen LogP contribution in [0, 0.1) is 5.92 Å². The van der Waals surface area contributed by atoms with Crippen molar-refractivity contribution in [1.29, 1.82) is 0 Å². The van der Waals surface area contributed by atoms with Gasteiger partial charge in [0.25, 0.3) is 0 Å². The summed E-state index contributed by atoms with van der Waals surface area (Å²) in [5.41, 5.74) is 0.635. The number of hydrogen-bond donors (Lipinski definition) is 2. The van der Waals surface area contributed by atoms with Crippen molar-refractivity contribution in [1.82, 2.24) is 4.90 Å². The number of carboxylic acid groups (broad SMARTS) is 1. The lowest BCUT2D eigenvalue weighted by Crippen LogP contribution is -2.49. The third-order valence-electron chi connectivity index (χ3n) is 4.52. The Morgan fingerprint density at radius 2 is 1.83 bits per heavy atom. The number of carbonyl (C=O) groups excluding carboxylic acids is 1. The van der Waals surface area contributed by atoms with Gasteiger partial charge < -0.3 is 24.6 Å². The molecule has 1 aromatic rings. The fourth-order valence-electron chi connectivity index (χ4n) is 3.15. The van der Waals surface area contributed by atoms with Crippen LogP contribution in [0.4, 0.5) is 0 Å². The molecule has 1 aliphatic rings. The van der Waals surface area contributed by atoms with Crippen LogP contribution in [0.25, 0.3) is 0 Å². The summed E-state index contributed by atoms with van der Waals surface area (Å²) in [6.07, 6.45) is 1.35. The van der Waals surface area contributed by atoms with Gasteiger partial charge in [-0.3, -0.25) is 9.59 Å². The number of amides is 1. The smallest absolute Gasteiger partial charge is 0.308 e. The number of rotatable bonds is 5. The van der Waals surface area contributed by atoms with E-state index < -0.39 is 11.9 Å². The van der Waals surface area contributed by atoms with E-state index in [1.807, 2.05) is 0 Å². The summed E-state index contributed by atoms with van der Waals surface area (Å²) in [7, 11) is 2.84. The highest BCUT2D eigenvalue weighted by Gasteiger charge is 2.35. The largest absolute Gasteiger partial charge is 0.502 e. The van der Waals surface area contributed by atoms with Crippen LogP contribution in [0.1, 0.15) is 25.3 Å². The molecular formula is C17H23NO6. The van der Waals surface area contributed by atoms with Gasteiger partial charge in [-0.05, 0) is 37.5 Å². The fourth-order valence-corrected chi connectivity index (χ4v) is 3.15. The van der Waals surface area contributed by atoms with Gasteiger partial charge in [0.2, 0.25) is 11.7 Å². The van der Waals surface area contributed by atoms with Gasteiger partial charge in [-0.15, -0.1) is 0 Å². The second-order valence-corrected chi connectivity index (χ2v) is 5.94. The molecule has 2 N–H and O–H groups in total. The molecule has 24 heavy (non-hydrogen) atoms. The van der Waals surface area contributed by atoms with Gasteiger partial charge in [0.1, 0.15) is 0 Å².